The van der Waals surface area contributed by atoms with Crippen LogP contribution in [0, 0.1) is 0 Å². The van der Waals surface area contributed by atoms with Gasteiger partial charge in [0.2, 0.25) is 35.4 Å². The van der Waals surface area contributed by atoms with Crippen molar-refractivity contribution in [3.63, 3.8) is 0 Å². The van der Waals surface area contributed by atoms with Gasteiger partial charge in [0, 0.05) is 11.4 Å². The third kappa shape index (κ3) is 11.4. The number of hydrogen-bond acceptors (Lipinski definition) is 14. The molecular formula is C46H34N6O10S2. The third-order valence-corrected chi connectivity index (χ3v) is 10.6. The van der Waals surface area contributed by atoms with Crippen LogP contribution in [-0.4, -0.2) is 45.9 Å². The molecule has 8 rings (SSSR count). The number of anilines is 4. The Morgan fingerprint density at radius 1 is 0.391 bits per heavy atom. The van der Waals surface area contributed by atoms with Crippen molar-refractivity contribution in [3.8, 4) is 46.5 Å². The summed E-state index contributed by atoms with van der Waals surface area (Å²) in [6, 6.07) is 46.5. The van der Waals surface area contributed by atoms with E-state index in [0.29, 0.717) is 23.0 Å². The number of nitrogens with one attached hydrogen (secondary N) is 2. The zero-order chi connectivity index (χ0) is 44.5. The molecule has 320 valence electrons. The zero-order valence-electron chi connectivity index (χ0n) is 33.1. The molecule has 0 amide bonds. The normalized spacial score (nSPS) is 11.5. The van der Waals surface area contributed by atoms with Crippen molar-refractivity contribution < 1.29 is 44.9 Å². The summed E-state index contributed by atoms with van der Waals surface area (Å²) < 4.78 is 95.2. The van der Waals surface area contributed by atoms with Crippen LogP contribution in [0.3, 0.4) is 0 Å². The fraction of sp³-hybridized carbons (Fsp3) is 0. The maximum absolute atomic E-state index is 12.7. The maximum atomic E-state index is 12.7. The lowest BCUT2D eigenvalue weighted by atomic mass is 10.1. The molecule has 0 aliphatic heterocycles. The molecule has 6 aromatic carbocycles. The first-order valence-electron chi connectivity index (χ1n) is 19.0. The molecule has 0 unspecified atom stereocenters. The van der Waals surface area contributed by atoms with Gasteiger partial charge in [-0.05, 0) is 83.9 Å². The Labute approximate surface area is 367 Å². The Balaban J connectivity index is 1.07. The molecule has 0 aliphatic rings. The van der Waals surface area contributed by atoms with Crippen molar-refractivity contribution in [2.75, 3.05) is 10.6 Å². The molecule has 64 heavy (non-hydrogen) atoms. The predicted octanol–water partition coefficient (Wildman–Crippen LogP) is 10.6. The molecule has 18 heteroatoms. The van der Waals surface area contributed by atoms with Crippen LogP contribution in [0.5, 0.6) is 46.5 Å². The summed E-state index contributed by atoms with van der Waals surface area (Å²) in [5.41, 5.74) is 0.251. The van der Waals surface area contributed by atoms with E-state index in [4.69, 9.17) is 18.9 Å². The number of hydrogen-bond donors (Lipinski definition) is 4. The van der Waals surface area contributed by atoms with Gasteiger partial charge in [-0.1, -0.05) is 97.1 Å². The monoisotopic (exact) mass is 894 g/mol. The van der Waals surface area contributed by atoms with E-state index in [1.807, 2.05) is 24.3 Å². The fourth-order valence-electron chi connectivity index (χ4n) is 5.95. The maximum Gasteiger partial charge on any atom is 0.295 e. The van der Waals surface area contributed by atoms with Gasteiger partial charge in [0.1, 0.15) is 32.8 Å². The largest absolute Gasteiger partial charge is 0.439 e. The zero-order valence-corrected chi connectivity index (χ0v) is 34.7. The molecule has 16 nitrogen and oxygen atoms in total. The van der Waals surface area contributed by atoms with E-state index in [-0.39, 0.29) is 57.9 Å². The first kappa shape index (κ1) is 42.5. The SMILES string of the molecule is O=S(=O)(O)c1cc(Nc2nc(Oc3ccccc3)cc(Oc3ccccc3)n2)ccc1/C=C/c1ccc(Nc2nc(Oc3ccccc3)cc(Oc3ccccc3)n2)cc1S(=O)(=O)O. The van der Waals surface area contributed by atoms with Crippen LogP contribution in [0.4, 0.5) is 23.3 Å². The fourth-order valence-corrected chi connectivity index (χ4v) is 7.37. The van der Waals surface area contributed by atoms with Crippen LogP contribution in [-0.2, 0) is 20.2 Å². The second-order valence-corrected chi connectivity index (χ2v) is 16.2. The highest BCUT2D eigenvalue weighted by molar-refractivity contribution is 7.86. The van der Waals surface area contributed by atoms with Crippen LogP contribution in [0.15, 0.2) is 180 Å². The van der Waals surface area contributed by atoms with Crippen molar-refractivity contribution in [1.82, 2.24) is 19.9 Å². The van der Waals surface area contributed by atoms with Gasteiger partial charge in [-0.25, -0.2) is 0 Å². The van der Waals surface area contributed by atoms with E-state index in [2.05, 4.69) is 30.6 Å². The highest BCUT2D eigenvalue weighted by atomic mass is 32.2. The summed E-state index contributed by atoms with van der Waals surface area (Å²) in [6.07, 6.45) is 2.53. The number of benzene rings is 6. The molecule has 0 atom stereocenters. The lowest BCUT2D eigenvalue weighted by molar-refractivity contribution is 0.434. The first-order chi connectivity index (χ1) is 30.9. The van der Waals surface area contributed by atoms with Gasteiger partial charge in [0.15, 0.2) is 0 Å². The first-order valence-corrected chi connectivity index (χ1v) is 21.9. The quantitative estimate of drug-likeness (QED) is 0.0523. The predicted molar refractivity (Wildman–Crippen MR) is 238 cm³/mol. The summed E-state index contributed by atoms with van der Waals surface area (Å²) in [5.74, 6) is 2.33. The highest BCUT2D eigenvalue weighted by Gasteiger charge is 2.19. The molecule has 0 radical (unpaired) electrons. The van der Waals surface area contributed by atoms with Gasteiger partial charge >= 0.3 is 0 Å². The summed E-state index contributed by atoms with van der Waals surface area (Å²) in [4.78, 5) is 16.6. The molecule has 0 saturated heterocycles. The van der Waals surface area contributed by atoms with Crippen molar-refractivity contribution in [3.05, 3.63) is 181 Å². The highest BCUT2D eigenvalue weighted by Crippen LogP contribution is 2.32. The Kier molecular flexibility index (Phi) is 12.5. The molecule has 0 bridgehead atoms. The van der Waals surface area contributed by atoms with Crippen molar-refractivity contribution in [2.45, 2.75) is 9.79 Å². The minimum Gasteiger partial charge on any atom is -0.439 e. The van der Waals surface area contributed by atoms with Gasteiger partial charge in [-0.15, -0.1) is 0 Å². The van der Waals surface area contributed by atoms with Crippen molar-refractivity contribution in [2.24, 2.45) is 0 Å². The molecule has 0 fully saturated rings. The van der Waals surface area contributed by atoms with E-state index in [0.717, 1.165) is 12.1 Å². The van der Waals surface area contributed by atoms with Gasteiger partial charge < -0.3 is 29.6 Å². The molecule has 4 N–H and O–H groups in total. The van der Waals surface area contributed by atoms with E-state index < -0.39 is 30.0 Å². The van der Waals surface area contributed by atoms with Crippen molar-refractivity contribution >= 4 is 55.7 Å². The number of aromatic nitrogens is 4. The Hall–Kier alpha value is -8.16. The van der Waals surface area contributed by atoms with Crippen molar-refractivity contribution in [1.29, 1.82) is 0 Å². The average molecular weight is 895 g/mol. The van der Waals surface area contributed by atoms with Gasteiger partial charge in [-0.2, -0.15) is 36.8 Å². The Bertz CT molecular complexity index is 2840. The Morgan fingerprint density at radius 3 is 0.938 bits per heavy atom. The standard InChI is InChI=1S/C46H34N6O10S2/c53-63(54,55)39-27-33(47-45-49-41(59-35-13-5-1-6-14-35)29-42(50-45)60-36-15-7-2-8-16-36)25-23-31(39)21-22-32-24-26-34(28-40(32)64(56,57)58)48-46-51-43(61-37-17-9-3-10-18-37)30-44(52-46)62-38-19-11-4-12-20-38/h1-30H,(H,47,49,50)(H,48,51,52)(H,53,54,55)(H,56,57,58)/b22-21+. The molecule has 2 heterocycles. The van der Waals surface area contributed by atoms with Gasteiger partial charge in [-0.3, -0.25) is 9.11 Å². The van der Waals surface area contributed by atoms with Gasteiger partial charge in [0.25, 0.3) is 20.2 Å². The summed E-state index contributed by atoms with van der Waals surface area (Å²) in [7, 11) is -9.74. The van der Waals surface area contributed by atoms with Crippen LogP contribution < -0.4 is 29.6 Å². The van der Waals surface area contributed by atoms with Crippen LogP contribution >= 0.6 is 0 Å². The summed E-state index contributed by atoms with van der Waals surface area (Å²) >= 11 is 0. The number of para-hydroxylation sites is 4. The van der Waals surface area contributed by atoms with E-state index >= 15 is 0 Å². The van der Waals surface area contributed by atoms with Gasteiger partial charge in [0.05, 0.1) is 12.1 Å². The average Bonchev–Trinajstić information content (AvgIpc) is 3.27. The molecule has 0 aliphatic carbocycles. The van der Waals surface area contributed by atoms with Crippen LogP contribution in [0.2, 0.25) is 0 Å². The third-order valence-electron chi connectivity index (χ3n) is 8.76. The molecular weight excluding hydrogens is 861 g/mol. The van der Waals surface area contributed by atoms with E-state index in [1.54, 1.807) is 97.1 Å². The number of ether oxygens (including phenoxy) is 4. The molecule has 0 spiro atoms. The lowest BCUT2D eigenvalue weighted by Crippen LogP contribution is -2.05. The van der Waals surface area contributed by atoms with E-state index in [9.17, 15) is 25.9 Å². The molecule has 8 aromatic rings. The van der Waals surface area contributed by atoms with Crippen LogP contribution in [0.25, 0.3) is 12.2 Å². The second-order valence-electron chi connectivity index (χ2n) is 13.4. The lowest BCUT2D eigenvalue weighted by Gasteiger charge is -2.13. The smallest absolute Gasteiger partial charge is 0.295 e. The minimum atomic E-state index is -4.87. The summed E-state index contributed by atoms with van der Waals surface area (Å²) in [5, 5.41) is 5.86. The van der Waals surface area contributed by atoms with Crippen LogP contribution in [0.1, 0.15) is 11.1 Å². The number of rotatable bonds is 16. The second kappa shape index (κ2) is 18.8. The topological polar surface area (TPSA) is 221 Å². The molecule has 2 aromatic heterocycles. The summed E-state index contributed by atoms with van der Waals surface area (Å²) in [6.45, 7) is 0. The minimum absolute atomic E-state index is 0.0266. The van der Waals surface area contributed by atoms with E-state index in [1.165, 1.54) is 48.6 Å². The molecule has 0 saturated carbocycles. The number of nitrogens with zero attached hydrogens (tertiary/aromatic N) is 4. The Morgan fingerprint density at radius 2 is 0.672 bits per heavy atom.